The zero-order chi connectivity index (χ0) is 11.7. The molecule has 0 aliphatic rings. The number of amides is 1. The number of carbonyl (C=O) groups is 1. The number of nitrogens with two attached hydrogens (primary N) is 1. The molecule has 1 atom stereocenters. The molecule has 1 aromatic heterocycles. The van der Waals surface area contributed by atoms with Crippen LogP contribution in [0.4, 0.5) is 4.39 Å². The number of carbonyl (C=O) groups excluding carboxylic acids is 1. The van der Waals surface area contributed by atoms with E-state index in [0.717, 1.165) is 4.70 Å². The number of alkyl halides is 1. The number of benzene rings is 1. The van der Waals surface area contributed by atoms with Crippen LogP contribution in [0.2, 0.25) is 0 Å². The first-order valence-electron chi connectivity index (χ1n) is 4.62. The minimum Gasteiger partial charge on any atom is -0.365 e. The summed E-state index contributed by atoms with van der Waals surface area (Å²) in [7, 11) is 1.30. The van der Waals surface area contributed by atoms with E-state index >= 15 is 0 Å². The second kappa shape index (κ2) is 4.19. The Kier molecular flexibility index (Phi) is 2.89. The highest BCUT2D eigenvalue weighted by atomic mass is 32.1. The molecule has 1 amide bonds. The Morgan fingerprint density at radius 2 is 2.31 bits per heavy atom. The molecule has 2 aromatic rings. The topological polar surface area (TPSA) is 52.3 Å². The number of rotatable bonds is 3. The number of fused-ring (bicyclic) bond motifs is 1. The number of hydrogen-bond acceptors (Lipinski definition) is 3. The van der Waals surface area contributed by atoms with E-state index in [1.54, 1.807) is 18.2 Å². The van der Waals surface area contributed by atoms with Crippen LogP contribution in [-0.4, -0.2) is 13.0 Å². The Morgan fingerprint density at radius 1 is 1.56 bits per heavy atom. The maximum absolute atomic E-state index is 13.5. The second-order valence-electron chi connectivity index (χ2n) is 3.29. The maximum Gasteiger partial charge on any atom is 0.258 e. The molecule has 84 valence electrons. The lowest BCUT2D eigenvalue weighted by Crippen LogP contribution is -2.08. The van der Waals surface area contributed by atoms with Crippen LogP contribution in [0.25, 0.3) is 10.1 Å². The van der Waals surface area contributed by atoms with Crippen LogP contribution in [0, 0.1) is 0 Å². The van der Waals surface area contributed by atoms with Gasteiger partial charge in [0.1, 0.15) is 0 Å². The highest BCUT2D eigenvalue weighted by Crippen LogP contribution is 2.32. The number of thiophene rings is 1. The van der Waals surface area contributed by atoms with Crippen LogP contribution >= 0.6 is 11.3 Å². The molecule has 0 radical (unpaired) electrons. The van der Waals surface area contributed by atoms with E-state index < -0.39 is 12.3 Å². The van der Waals surface area contributed by atoms with Crippen molar-refractivity contribution < 1.29 is 13.9 Å². The third kappa shape index (κ3) is 1.79. The standard InChI is InChI=1S/C11H10FNO2S/c1-15-10(12)6-3-2-4-8-7(6)5-9(16-8)11(13)14/h2-5,10H,1H3,(H2,13,14). The lowest BCUT2D eigenvalue weighted by molar-refractivity contribution is -0.00545. The zero-order valence-electron chi connectivity index (χ0n) is 8.57. The van der Waals surface area contributed by atoms with Gasteiger partial charge in [-0.2, -0.15) is 0 Å². The second-order valence-corrected chi connectivity index (χ2v) is 4.37. The molecule has 0 spiro atoms. The third-order valence-electron chi connectivity index (χ3n) is 2.29. The van der Waals surface area contributed by atoms with Gasteiger partial charge in [0, 0.05) is 22.8 Å². The van der Waals surface area contributed by atoms with Gasteiger partial charge in [0.25, 0.3) is 5.91 Å². The van der Waals surface area contributed by atoms with Gasteiger partial charge in [-0.15, -0.1) is 11.3 Å². The fraction of sp³-hybridized carbons (Fsp3) is 0.182. The molecule has 0 saturated carbocycles. The molecule has 0 aliphatic heterocycles. The molecule has 0 aliphatic carbocycles. The monoisotopic (exact) mass is 239 g/mol. The number of hydrogen-bond donors (Lipinski definition) is 1. The quantitative estimate of drug-likeness (QED) is 0.895. The first-order valence-corrected chi connectivity index (χ1v) is 5.44. The molecule has 1 aromatic carbocycles. The number of halogens is 1. The van der Waals surface area contributed by atoms with Crippen LogP contribution < -0.4 is 5.73 Å². The number of ether oxygens (including phenoxy) is 1. The van der Waals surface area contributed by atoms with Crippen LogP contribution in [0.3, 0.4) is 0 Å². The van der Waals surface area contributed by atoms with Crippen LogP contribution in [0.15, 0.2) is 24.3 Å². The Labute approximate surface area is 95.6 Å². The van der Waals surface area contributed by atoms with Gasteiger partial charge in [0.2, 0.25) is 6.36 Å². The van der Waals surface area contributed by atoms with Crippen molar-refractivity contribution in [3.8, 4) is 0 Å². The maximum atomic E-state index is 13.5. The summed E-state index contributed by atoms with van der Waals surface area (Å²) in [6.07, 6.45) is -1.49. The van der Waals surface area contributed by atoms with Crippen molar-refractivity contribution in [3.63, 3.8) is 0 Å². The molecule has 3 nitrogen and oxygen atoms in total. The van der Waals surface area contributed by atoms with Gasteiger partial charge in [0.15, 0.2) is 0 Å². The molecule has 1 heterocycles. The van der Waals surface area contributed by atoms with Crippen LogP contribution in [0.1, 0.15) is 21.6 Å². The summed E-state index contributed by atoms with van der Waals surface area (Å²) in [5, 5.41) is 0.677. The SMILES string of the molecule is COC(F)c1cccc2sc(C(N)=O)cc12. The highest BCUT2D eigenvalue weighted by molar-refractivity contribution is 7.20. The summed E-state index contributed by atoms with van der Waals surface area (Å²) in [5.74, 6) is -0.500. The van der Waals surface area contributed by atoms with Gasteiger partial charge in [0.05, 0.1) is 4.88 Å². The van der Waals surface area contributed by atoms with E-state index in [1.807, 2.05) is 6.07 Å². The molecule has 0 fully saturated rings. The largest absolute Gasteiger partial charge is 0.365 e. The van der Waals surface area contributed by atoms with Crippen LogP contribution in [-0.2, 0) is 4.74 Å². The van der Waals surface area contributed by atoms with E-state index in [4.69, 9.17) is 5.73 Å². The molecule has 0 saturated heterocycles. The highest BCUT2D eigenvalue weighted by Gasteiger charge is 2.15. The lowest BCUT2D eigenvalue weighted by atomic mass is 10.1. The van der Waals surface area contributed by atoms with E-state index in [9.17, 15) is 9.18 Å². The van der Waals surface area contributed by atoms with E-state index in [-0.39, 0.29) is 0 Å². The Bertz CT molecular complexity index is 538. The zero-order valence-corrected chi connectivity index (χ0v) is 9.38. The van der Waals surface area contributed by atoms with E-state index in [1.165, 1.54) is 18.4 Å². The average Bonchev–Trinajstić information content (AvgIpc) is 2.71. The average molecular weight is 239 g/mol. The van der Waals surface area contributed by atoms with Gasteiger partial charge in [-0.3, -0.25) is 4.79 Å². The summed E-state index contributed by atoms with van der Waals surface area (Å²) in [4.78, 5) is 11.5. The normalized spacial score (nSPS) is 12.9. The summed E-state index contributed by atoms with van der Waals surface area (Å²) >= 11 is 1.25. The summed E-state index contributed by atoms with van der Waals surface area (Å²) in [6.45, 7) is 0. The molecule has 0 bridgehead atoms. The fourth-order valence-corrected chi connectivity index (χ4v) is 2.48. The Morgan fingerprint density at radius 3 is 2.94 bits per heavy atom. The minimum absolute atomic E-state index is 0.420. The third-order valence-corrected chi connectivity index (χ3v) is 3.40. The van der Waals surface area contributed by atoms with E-state index in [0.29, 0.717) is 15.8 Å². The predicted molar refractivity (Wildman–Crippen MR) is 61.2 cm³/mol. The van der Waals surface area contributed by atoms with Crippen molar-refractivity contribution in [1.29, 1.82) is 0 Å². The van der Waals surface area contributed by atoms with Gasteiger partial charge in [-0.05, 0) is 12.1 Å². The first kappa shape index (κ1) is 11.0. The first-order chi connectivity index (χ1) is 7.63. The summed E-state index contributed by atoms with van der Waals surface area (Å²) < 4.78 is 18.9. The van der Waals surface area contributed by atoms with E-state index in [2.05, 4.69) is 4.74 Å². The van der Waals surface area contributed by atoms with Crippen molar-refractivity contribution in [1.82, 2.24) is 0 Å². The smallest absolute Gasteiger partial charge is 0.258 e. The molecule has 16 heavy (non-hydrogen) atoms. The van der Waals surface area contributed by atoms with Crippen molar-refractivity contribution >= 4 is 27.3 Å². The Balaban J connectivity index is 2.63. The van der Waals surface area contributed by atoms with Crippen molar-refractivity contribution in [2.24, 2.45) is 5.73 Å². The van der Waals surface area contributed by atoms with Gasteiger partial charge in [-0.1, -0.05) is 12.1 Å². The van der Waals surface area contributed by atoms with Crippen LogP contribution in [0.5, 0.6) is 0 Å². The number of primary amides is 1. The minimum atomic E-state index is -1.49. The van der Waals surface area contributed by atoms with Gasteiger partial charge >= 0.3 is 0 Å². The van der Waals surface area contributed by atoms with Crippen molar-refractivity contribution in [3.05, 3.63) is 34.7 Å². The predicted octanol–water partition coefficient (Wildman–Crippen LogP) is 2.61. The molecular weight excluding hydrogens is 229 g/mol. The molecule has 2 N–H and O–H groups in total. The Hall–Kier alpha value is -1.46. The summed E-state index contributed by atoms with van der Waals surface area (Å²) in [6, 6.07) is 6.78. The van der Waals surface area contributed by atoms with Crippen molar-refractivity contribution in [2.75, 3.05) is 7.11 Å². The molecule has 2 rings (SSSR count). The van der Waals surface area contributed by atoms with Gasteiger partial charge < -0.3 is 10.5 Å². The number of methoxy groups -OCH3 is 1. The molecule has 5 heteroatoms. The molecular formula is C11H10FNO2S. The lowest BCUT2D eigenvalue weighted by Gasteiger charge is -2.06. The molecule has 1 unspecified atom stereocenters. The fourth-order valence-electron chi connectivity index (χ4n) is 1.53. The van der Waals surface area contributed by atoms with Crippen molar-refractivity contribution in [2.45, 2.75) is 6.36 Å². The summed E-state index contributed by atoms with van der Waals surface area (Å²) in [5.41, 5.74) is 5.60. The van der Waals surface area contributed by atoms with Gasteiger partial charge in [-0.25, -0.2) is 4.39 Å².